The van der Waals surface area contributed by atoms with Crippen LogP contribution in [0.3, 0.4) is 0 Å². The van der Waals surface area contributed by atoms with Gasteiger partial charge in [0.15, 0.2) is 0 Å². The zero-order valence-electron chi connectivity index (χ0n) is 17.9. The molecule has 0 aliphatic rings. The lowest BCUT2D eigenvalue weighted by Gasteiger charge is -2.32. The number of benzene rings is 2. The zero-order chi connectivity index (χ0) is 23.2. The van der Waals surface area contributed by atoms with Gasteiger partial charge in [0.25, 0.3) is 0 Å². The van der Waals surface area contributed by atoms with E-state index in [4.69, 9.17) is 0 Å². The maximum atomic E-state index is 13.4. The van der Waals surface area contributed by atoms with Crippen LogP contribution in [0.4, 0.5) is 5.69 Å². The fraction of sp³-hybridized carbons (Fsp3) is 0.333. The van der Waals surface area contributed by atoms with E-state index in [2.05, 4.69) is 21.2 Å². The molecule has 2 amide bonds. The van der Waals surface area contributed by atoms with Crippen molar-refractivity contribution in [2.45, 2.75) is 19.5 Å². The molecule has 0 spiro atoms. The number of nitrogens with one attached hydrogen (secondary N) is 1. The standard InChI is InChI=1S/C21H27BrN4O4S/c1-16(21(28)23-2)25(14-17-9-8-10-18(22)13-17)20(27)15-26(31(29,30)24(3)4)19-11-6-5-7-12-19/h5-13,16H,14-15H2,1-4H3,(H,23,28). The monoisotopic (exact) mass is 510 g/mol. The third kappa shape index (κ3) is 6.28. The van der Waals surface area contributed by atoms with E-state index < -0.39 is 28.7 Å². The molecule has 0 bridgehead atoms. The molecule has 0 aliphatic carbocycles. The Bertz CT molecular complexity index is 1020. The van der Waals surface area contributed by atoms with Crippen LogP contribution in [0, 0.1) is 0 Å². The molecule has 1 unspecified atom stereocenters. The molecule has 0 saturated heterocycles. The molecule has 168 valence electrons. The highest BCUT2D eigenvalue weighted by molar-refractivity contribution is 9.10. The molecular weight excluding hydrogens is 484 g/mol. The lowest BCUT2D eigenvalue weighted by molar-refractivity contribution is -0.139. The Labute approximate surface area is 192 Å². The largest absolute Gasteiger partial charge is 0.357 e. The summed E-state index contributed by atoms with van der Waals surface area (Å²) in [6.45, 7) is 1.32. The first kappa shape index (κ1) is 24.8. The molecule has 2 rings (SSSR count). The number of likely N-dealkylation sites (N-methyl/N-ethyl adjacent to an activating group) is 1. The fourth-order valence-corrected chi connectivity index (χ4v) is 4.44. The Hall–Kier alpha value is -2.43. The number of amides is 2. The minimum Gasteiger partial charge on any atom is -0.357 e. The van der Waals surface area contributed by atoms with Crippen LogP contribution >= 0.6 is 15.9 Å². The van der Waals surface area contributed by atoms with Crippen molar-refractivity contribution in [1.82, 2.24) is 14.5 Å². The van der Waals surface area contributed by atoms with Crippen LogP contribution in [-0.2, 0) is 26.3 Å². The number of carbonyl (C=O) groups is 2. The number of anilines is 1. The van der Waals surface area contributed by atoms with Gasteiger partial charge in [-0.25, -0.2) is 4.31 Å². The maximum Gasteiger partial charge on any atom is 0.304 e. The van der Waals surface area contributed by atoms with Crippen LogP contribution < -0.4 is 9.62 Å². The minimum atomic E-state index is -3.94. The van der Waals surface area contributed by atoms with E-state index in [1.54, 1.807) is 37.3 Å². The predicted molar refractivity (Wildman–Crippen MR) is 125 cm³/mol. The van der Waals surface area contributed by atoms with Crippen molar-refractivity contribution in [3.8, 4) is 0 Å². The van der Waals surface area contributed by atoms with Gasteiger partial charge in [-0.2, -0.15) is 12.7 Å². The number of carbonyl (C=O) groups excluding carboxylic acids is 2. The van der Waals surface area contributed by atoms with E-state index in [-0.39, 0.29) is 12.5 Å². The SMILES string of the molecule is CNC(=O)C(C)N(Cc1cccc(Br)c1)C(=O)CN(c1ccccc1)S(=O)(=O)N(C)C. The van der Waals surface area contributed by atoms with Crippen molar-refractivity contribution in [3.63, 3.8) is 0 Å². The summed E-state index contributed by atoms with van der Waals surface area (Å²) in [7, 11) is 0.363. The fourth-order valence-electron chi connectivity index (χ4n) is 2.93. The topological polar surface area (TPSA) is 90.0 Å². The highest BCUT2D eigenvalue weighted by Gasteiger charge is 2.32. The molecule has 10 heteroatoms. The average molecular weight is 511 g/mol. The summed E-state index contributed by atoms with van der Waals surface area (Å²) in [5.41, 5.74) is 1.17. The Morgan fingerprint density at radius 2 is 1.71 bits per heavy atom. The van der Waals surface area contributed by atoms with Gasteiger partial charge >= 0.3 is 10.2 Å². The van der Waals surface area contributed by atoms with Crippen LogP contribution in [-0.4, -0.2) is 63.2 Å². The van der Waals surface area contributed by atoms with Crippen molar-refractivity contribution < 1.29 is 18.0 Å². The van der Waals surface area contributed by atoms with E-state index in [9.17, 15) is 18.0 Å². The Morgan fingerprint density at radius 3 is 2.26 bits per heavy atom. The van der Waals surface area contributed by atoms with Crippen LogP contribution in [0.5, 0.6) is 0 Å². The highest BCUT2D eigenvalue weighted by atomic mass is 79.9. The first-order chi connectivity index (χ1) is 14.6. The lowest BCUT2D eigenvalue weighted by atomic mass is 10.1. The second-order valence-electron chi connectivity index (χ2n) is 7.07. The summed E-state index contributed by atoms with van der Waals surface area (Å²) in [5, 5.41) is 2.55. The second-order valence-corrected chi connectivity index (χ2v) is 10.1. The number of hydrogen-bond acceptors (Lipinski definition) is 4. The van der Waals surface area contributed by atoms with Crippen molar-refractivity contribution in [2.75, 3.05) is 32.0 Å². The van der Waals surface area contributed by atoms with Gasteiger partial charge in [-0.1, -0.05) is 46.3 Å². The van der Waals surface area contributed by atoms with Gasteiger partial charge < -0.3 is 10.2 Å². The molecule has 8 nitrogen and oxygen atoms in total. The van der Waals surface area contributed by atoms with E-state index in [1.807, 2.05) is 24.3 Å². The van der Waals surface area contributed by atoms with Crippen LogP contribution in [0.15, 0.2) is 59.1 Å². The van der Waals surface area contributed by atoms with Gasteiger partial charge in [0.1, 0.15) is 12.6 Å². The van der Waals surface area contributed by atoms with Crippen molar-refractivity contribution in [3.05, 3.63) is 64.6 Å². The number of nitrogens with zero attached hydrogens (tertiary/aromatic N) is 3. The summed E-state index contributed by atoms with van der Waals surface area (Å²) in [4.78, 5) is 27.1. The number of para-hydroxylation sites is 1. The van der Waals surface area contributed by atoms with Gasteiger partial charge in [0, 0.05) is 32.2 Å². The second kappa shape index (κ2) is 10.7. The molecule has 0 aliphatic heterocycles. The van der Waals surface area contributed by atoms with Gasteiger partial charge in [-0.15, -0.1) is 0 Å². The van der Waals surface area contributed by atoms with Crippen LogP contribution in [0.1, 0.15) is 12.5 Å². The number of rotatable bonds is 9. The van der Waals surface area contributed by atoms with Gasteiger partial charge in [-0.05, 0) is 36.8 Å². The molecule has 1 atom stereocenters. The van der Waals surface area contributed by atoms with Crippen LogP contribution in [0.25, 0.3) is 0 Å². The van der Waals surface area contributed by atoms with Crippen molar-refractivity contribution >= 4 is 43.6 Å². The summed E-state index contributed by atoms with van der Waals surface area (Å²) >= 11 is 3.41. The van der Waals surface area contributed by atoms with Gasteiger partial charge in [-0.3, -0.25) is 9.59 Å². The molecule has 0 saturated carbocycles. The average Bonchev–Trinajstić information content (AvgIpc) is 2.75. The maximum absolute atomic E-state index is 13.4. The minimum absolute atomic E-state index is 0.150. The van der Waals surface area contributed by atoms with E-state index in [1.165, 1.54) is 26.0 Å². The first-order valence-corrected chi connectivity index (χ1v) is 11.8. The normalized spacial score (nSPS) is 12.3. The third-order valence-corrected chi connectivity index (χ3v) is 7.03. The Morgan fingerprint density at radius 1 is 1.06 bits per heavy atom. The molecule has 0 heterocycles. The molecule has 31 heavy (non-hydrogen) atoms. The molecule has 0 radical (unpaired) electrons. The van der Waals surface area contributed by atoms with E-state index >= 15 is 0 Å². The lowest BCUT2D eigenvalue weighted by Crippen LogP contribution is -2.52. The summed E-state index contributed by atoms with van der Waals surface area (Å²) < 4.78 is 28.8. The van der Waals surface area contributed by atoms with E-state index in [0.29, 0.717) is 5.69 Å². The molecule has 2 aromatic carbocycles. The van der Waals surface area contributed by atoms with Crippen molar-refractivity contribution in [2.24, 2.45) is 0 Å². The molecule has 0 aromatic heterocycles. The van der Waals surface area contributed by atoms with E-state index in [0.717, 1.165) is 18.6 Å². The first-order valence-electron chi connectivity index (χ1n) is 9.58. The quantitative estimate of drug-likeness (QED) is 0.559. The third-order valence-electron chi connectivity index (χ3n) is 4.72. The van der Waals surface area contributed by atoms with Gasteiger partial charge in [0.2, 0.25) is 11.8 Å². The van der Waals surface area contributed by atoms with Crippen LogP contribution in [0.2, 0.25) is 0 Å². The molecule has 0 fully saturated rings. The molecular formula is C21H27BrN4O4S. The Balaban J connectivity index is 2.42. The highest BCUT2D eigenvalue weighted by Crippen LogP contribution is 2.21. The summed E-state index contributed by atoms with van der Waals surface area (Å²) in [6, 6.07) is 15.0. The predicted octanol–water partition coefficient (Wildman–Crippen LogP) is 2.23. The Kier molecular flexibility index (Phi) is 8.60. The molecule has 1 N–H and O–H groups in total. The van der Waals surface area contributed by atoms with Gasteiger partial charge in [0.05, 0.1) is 5.69 Å². The summed E-state index contributed by atoms with van der Waals surface area (Å²) in [6.07, 6.45) is 0. The number of halogens is 1. The van der Waals surface area contributed by atoms with Crippen molar-refractivity contribution in [1.29, 1.82) is 0 Å². The number of hydrogen-bond donors (Lipinski definition) is 1. The molecule has 2 aromatic rings. The zero-order valence-corrected chi connectivity index (χ0v) is 20.4. The smallest absolute Gasteiger partial charge is 0.304 e. The summed E-state index contributed by atoms with van der Waals surface area (Å²) in [5.74, 6) is -0.838.